The van der Waals surface area contributed by atoms with E-state index in [9.17, 15) is 4.79 Å². The zero-order valence-electron chi connectivity index (χ0n) is 14.7. The van der Waals surface area contributed by atoms with Crippen molar-refractivity contribution in [3.05, 3.63) is 62.9 Å². The van der Waals surface area contributed by atoms with E-state index in [4.69, 9.17) is 16.3 Å². The molecule has 4 nitrogen and oxygen atoms in total. The Morgan fingerprint density at radius 3 is 2.78 bits per heavy atom. The summed E-state index contributed by atoms with van der Waals surface area (Å²) in [6.45, 7) is 2.50. The van der Waals surface area contributed by atoms with Crippen LogP contribution in [0.2, 0.25) is 5.02 Å². The highest BCUT2D eigenvalue weighted by Crippen LogP contribution is 2.27. The summed E-state index contributed by atoms with van der Waals surface area (Å²) in [7, 11) is 0. The molecule has 0 aliphatic carbocycles. The number of rotatable bonds is 7. The second-order valence-corrected chi connectivity index (χ2v) is 8.13. The molecule has 0 radical (unpaired) electrons. The van der Waals surface area contributed by atoms with E-state index in [1.54, 1.807) is 0 Å². The summed E-state index contributed by atoms with van der Waals surface area (Å²) in [6, 6.07) is 13.4. The highest BCUT2D eigenvalue weighted by molar-refractivity contribution is 9.10. The number of nitrogens with zero attached hydrogens (tertiary/aromatic N) is 1. The SMILES string of the molecule is Cc1ccc(OCCCC(=O)Nc2nc(-c3ccc(Cl)cc3)cs2)c(Br)c1. The molecule has 0 unspecified atom stereocenters. The molecule has 0 aliphatic heterocycles. The first-order valence-corrected chi connectivity index (χ1v) is 10.5. The Labute approximate surface area is 175 Å². The summed E-state index contributed by atoms with van der Waals surface area (Å²) < 4.78 is 6.63. The van der Waals surface area contributed by atoms with E-state index < -0.39 is 0 Å². The van der Waals surface area contributed by atoms with Gasteiger partial charge < -0.3 is 10.1 Å². The fourth-order valence-corrected chi connectivity index (χ4v) is 3.87. The first-order valence-electron chi connectivity index (χ1n) is 8.41. The Hall–Kier alpha value is -1.89. The van der Waals surface area contributed by atoms with Crippen LogP contribution < -0.4 is 10.1 Å². The molecule has 7 heteroatoms. The Morgan fingerprint density at radius 2 is 2.04 bits per heavy atom. The lowest BCUT2D eigenvalue weighted by atomic mass is 10.2. The fourth-order valence-electron chi connectivity index (χ4n) is 2.40. The quantitative estimate of drug-likeness (QED) is 0.415. The summed E-state index contributed by atoms with van der Waals surface area (Å²) in [4.78, 5) is 16.6. The Balaban J connectivity index is 1.45. The average molecular weight is 466 g/mol. The van der Waals surface area contributed by atoms with Gasteiger partial charge in [0.1, 0.15) is 5.75 Å². The number of aryl methyl sites for hydroxylation is 1. The number of amides is 1. The number of nitrogens with one attached hydrogen (secondary N) is 1. The third-order valence-electron chi connectivity index (χ3n) is 3.78. The van der Waals surface area contributed by atoms with E-state index in [-0.39, 0.29) is 5.91 Å². The number of benzene rings is 2. The molecule has 1 aromatic heterocycles. The van der Waals surface area contributed by atoms with Crippen LogP contribution in [0.15, 0.2) is 52.3 Å². The molecule has 0 fully saturated rings. The van der Waals surface area contributed by atoms with Gasteiger partial charge >= 0.3 is 0 Å². The Morgan fingerprint density at radius 1 is 1.26 bits per heavy atom. The number of hydrogen-bond acceptors (Lipinski definition) is 4. The first-order chi connectivity index (χ1) is 13.0. The van der Waals surface area contributed by atoms with E-state index in [1.165, 1.54) is 11.3 Å². The molecule has 3 aromatic rings. The maximum atomic E-state index is 12.1. The molecule has 0 saturated heterocycles. The third kappa shape index (κ3) is 5.79. The minimum absolute atomic E-state index is 0.0708. The van der Waals surface area contributed by atoms with Gasteiger partial charge in [0.15, 0.2) is 5.13 Å². The van der Waals surface area contributed by atoms with Crippen LogP contribution in [0.3, 0.4) is 0 Å². The summed E-state index contributed by atoms with van der Waals surface area (Å²) in [5.41, 5.74) is 2.95. The number of aromatic nitrogens is 1. The molecule has 3 rings (SSSR count). The number of ether oxygens (including phenoxy) is 1. The molecular weight excluding hydrogens is 448 g/mol. The first kappa shape index (κ1) is 19.9. The third-order valence-corrected chi connectivity index (χ3v) is 5.41. The molecule has 0 atom stereocenters. The zero-order valence-corrected chi connectivity index (χ0v) is 17.8. The van der Waals surface area contributed by atoms with Crippen molar-refractivity contribution in [2.75, 3.05) is 11.9 Å². The molecule has 1 heterocycles. The van der Waals surface area contributed by atoms with Crippen LogP contribution in [0.1, 0.15) is 18.4 Å². The molecule has 2 aromatic carbocycles. The molecule has 0 spiro atoms. The highest BCUT2D eigenvalue weighted by atomic mass is 79.9. The van der Waals surface area contributed by atoms with Crippen LogP contribution in [0.4, 0.5) is 5.13 Å². The molecule has 1 amide bonds. The Kier molecular flexibility index (Phi) is 6.88. The largest absolute Gasteiger partial charge is 0.492 e. The van der Waals surface area contributed by atoms with E-state index in [2.05, 4.69) is 26.2 Å². The van der Waals surface area contributed by atoms with E-state index in [1.807, 2.05) is 54.8 Å². The van der Waals surface area contributed by atoms with Gasteiger partial charge in [-0.1, -0.05) is 29.8 Å². The lowest BCUT2D eigenvalue weighted by Gasteiger charge is -2.08. The molecule has 27 heavy (non-hydrogen) atoms. The zero-order chi connectivity index (χ0) is 19.2. The van der Waals surface area contributed by atoms with Gasteiger partial charge in [0, 0.05) is 22.4 Å². The second kappa shape index (κ2) is 9.35. The molecule has 1 N–H and O–H groups in total. The Bertz CT molecular complexity index is 928. The van der Waals surface area contributed by atoms with Crippen molar-refractivity contribution in [1.82, 2.24) is 4.98 Å². The van der Waals surface area contributed by atoms with Crippen molar-refractivity contribution < 1.29 is 9.53 Å². The second-order valence-electron chi connectivity index (χ2n) is 5.98. The van der Waals surface area contributed by atoms with Gasteiger partial charge in [-0.05, 0) is 59.1 Å². The van der Waals surface area contributed by atoms with Gasteiger partial charge in [-0.15, -0.1) is 11.3 Å². The number of hydrogen-bond donors (Lipinski definition) is 1. The standard InChI is InChI=1S/C20H18BrClN2O2S/c1-13-4-9-18(16(21)11-13)26-10-2-3-19(25)24-20-23-17(12-27-20)14-5-7-15(22)8-6-14/h4-9,11-12H,2-3,10H2,1H3,(H,23,24,25). The summed E-state index contributed by atoms with van der Waals surface area (Å²) in [5.74, 6) is 0.715. The van der Waals surface area contributed by atoms with Crippen LogP contribution in [-0.4, -0.2) is 17.5 Å². The van der Waals surface area contributed by atoms with Crippen molar-refractivity contribution in [2.24, 2.45) is 0 Å². The van der Waals surface area contributed by atoms with Crippen LogP contribution in [0, 0.1) is 6.92 Å². The summed E-state index contributed by atoms with van der Waals surface area (Å²) in [6.07, 6.45) is 1.00. The van der Waals surface area contributed by atoms with Gasteiger partial charge in [-0.3, -0.25) is 4.79 Å². The molecule has 0 bridgehead atoms. The number of carbonyl (C=O) groups excluding carboxylic acids is 1. The lowest BCUT2D eigenvalue weighted by Crippen LogP contribution is -2.12. The van der Waals surface area contributed by atoms with Gasteiger partial charge in [0.05, 0.1) is 16.8 Å². The van der Waals surface area contributed by atoms with Gasteiger partial charge in [-0.2, -0.15) is 0 Å². The van der Waals surface area contributed by atoms with Crippen LogP contribution in [-0.2, 0) is 4.79 Å². The van der Waals surface area contributed by atoms with Crippen molar-refractivity contribution in [3.8, 4) is 17.0 Å². The summed E-state index contributed by atoms with van der Waals surface area (Å²) in [5, 5.41) is 6.02. The van der Waals surface area contributed by atoms with Crippen molar-refractivity contribution >= 4 is 49.9 Å². The van der Waals surface area contributed by atoms with Gasteiger partial charge in [0.25, 0.3) is 0 Å². The number of anilines is 1. The minimum Gasteiger partial charge on any atom is -0.492 e. The molecule has 0 aliphatic rings. The predicted molar refractivity (Wildman–Crippen MR) is 115 cm³/mol. The van der Waals surface area contributed by atoms with Gasteiger partial charge in [0.2, 0.25) is 5.91 Å². The minimum atomic E-state index is -0.0708. The monoisotopic (exact) mass is 464 g/mol. The van der Waals surface area contributed by atoms with Crippen molar-refractivity contribution in [3.63, 3.8) is 0 Å². The number of thiazole rings is 1. The van der Waals surface area contributed by atoms with E-state index >= 15 is 0 Å². The lowest BCUT2D eigenvalue weighted by molar-refractivity contribution is -0.116. The van der Waals surface area contributed by atoms with Crippen LogP contribution in [0.5, 0.6) is 5.75 Å². The van der Waals surface area contributed by atoms with Crippen LogP contribution >= 0.6 is 38.9 Å². The normalized spacial score (nSPS) is 10.6. The maximum absolute atomic E-state index is 12.1. The van der Waals surface area contributed by atoms with E-state index in [0.717, 1.165) is 27.0 Å². The molecule has 140 valence electrons. The van der Waals surface area contributed by atoms with Crippen molar-refractivity contribution in [1.29, 1.82) is 0 Å². The number of halogens is 2. The molecular formula is C20H18BrClN2O2S. The summed E-state index contributed by atoms with van der Waals surface area (Å²) >= 11 is 10.8. The average Bonchev–Trinajstić information content (AvgIpc) is 3.09. The topological polar surface area (TPSA) is 51.2 Å². The smallest absolute Gasteiger partial charge is 0.226 e. The van der Waals surface area contributed by atoms with E-state index in [0.29, 0.717) is 29.6 Å². The molecule has 0 saturated carbocycles. The fraction of sp³-hybridized carbons (Fsp3) is 0.200. The number of carbonyl (C=O) groups is 1. The highest BCUT2D eigenvalue weighted by Gasteiger charge is 2.09. The predicted octanol–water partition coefficient (Wildman–Crippen LogP) is 6.33. The van der Waals surface area contributed by atoms with Crippen LogP contribution in [0.25, 0.3) is 11.3 Å². The maximum Gasteiger partial charge on any atom is 0.226 e. The van der Waals surface area contributed by atoms with Crippen molar-refractivity contribution in [2.45, 2.75) is 19.8 Å². The van der Waals surface area contributed by atoms with Gasteiger partial charge in [-0.25, -0.2) is 4.98 Å².